The maximum absolute atomic E-state index is 11.2. The first-order valence-corrected chi connectivity index (χ1v) is 16.3. The van der Waals surface area contributed by atoms with E-state index in [9.17, 15) is 9.90 Å². The molecule has 2 N–H and O–H groups in total. The molecule has 0 aliphatic heterocycles. The standard InChI is InChI=1S/C34H59NO2/c1-7-9-27(35-32(36)37)14-12-25-18-20-33(5)26(22-25)13-15-28-30-17-16-29(24(4)11-8-10-23(2)3)34(30,6)21-19-31(28)33/h13,23-25,27-31,35H,7-12,14-22H2,1-6H3,(H,36,37)/t24-,25?,27?,28?,29-,30?,31?,33+,34-/m1/s1. The Hall–Kier alpha value is -0.990. The molecular weight excluding hydrogens is 454 g/mol. The predicted octanol–water partition coefficient (Wildman–Crippen LogP) is 9.86. The van der Waals surface area contributed by atoms with Gasteiger partial charge >= 0.3 is 6.09 Å². The number of hydrogen-bond donors (Lipinski definition) is 2. The van der Waals surface area contributed by atoms with Crippen LogP contribution in [0.15, 0.2) is 11.6 Å². The molecule has 4 rings (SSSR count). The number of amides is 1. The van der Waals surface area contributed by atoms with E-state index in [0.717, 1.165) is 60.7 Å². The van der Waals surface area contributed by atoms with Crippen LogP contribution in [0.3, 0.4) is 0 Å². The molecule has 37 heavy (non-hydrogen) atoms. The average molecular weight is 514 g/mol. The highest BCUT2D eigenvalue weighted by Crippen LogP contribution is 2.67. The summed E-state index contributed by atoms with van der Waals surface area (Å²) in [4.78, 5) is 11.2. The van der Waals surface area contributed by atoms with Gasteiger partial charge in [0.1, 0.15) is 0 Å². The molecule has 5 unspecified atom stereocenters. The van der Waals surface area contributed by atoms with E-state index in [0.29, 0.717) is 10.8 Å². The van der Waals surface area contributed by atoms with Gasteiger partial charge < -0.3 is 10.4 Å². The molecule has 0 spiro atoms. The number of rotatable bonds is 11. The van der Waals surface area contributed by atoms with Gasteiger partial charge in [0.25, 0.3) is 0 Å². The monoisotopic (exact) mass is 513 g/mol. The molecule has 0 saturated heterocycles. The SMILES string of the molecule is CCCC(CCC1CC[C@@]2(C)C(=CCC3C2CC[C@@]2(C)C3CC[C@@H]2[C@H](C)CCCC(C)C)C1)NC(=O)O. The maximum atomic E-state index is 11.2. The molecule has 4 aliphatic carbocycles. The third-order valence-electron chi connectivity index (χ3n) is 12.3. The van der Waals surface area contributed by atoms with E-state index in [4.69, 9.17) is 0 Å². The van der Waals surface area contributed by atoms with Gasteiger partial charge in [-0.3, -0.25) is 0 Å². The average Bonchev–Trinajstić information content (AvgIpc) is 3.19. The van der Waals surface area contributed by atoms with Crippen LogP contribution in [0.25, 0.3) is 0 Å². The lowest BCUT2D eigenvalue weighted by Crippen LogP contribution is -2.50. The molecule has 0 aromatic rings. The minimum atomic E-state index is -0.862. The van der Waals surface area contributed by atoms with Crippen LogP contribution in [0, 0.1) is 52.3 Å². The highest BCUT2D eigenvalue weighted by atomic mass is 16.4. The molecule has 3 fully saturated rings. The Morgan fingerprint density at radius 1 is 1.03 bits per heavy atom. The molecule has 1 amide bonds. The van der Waals surface area contributed by atoms with Gasteiger partial charge in [-0.15, -0.1) is 0 Å². The molecule has 0 radical (unpaired) electrons. The van der Waals surface area contributed by atoms with Crippen LogP contribution in [0.1, 0.15) is 138 Å². The van der Waals surface area contributed by atoms with Crippen molar-refractivity contribution in [3.63, 3.8) is 0 Å². The summed E-state index contributed by atoms with van der Waals surface area (Å²) in [7, 11) is 0. The Morgan fingerprint density at radius 2 is 1.81 bits per heavy atom. The molecule has 0 bridgehead atoms. The normalized spacial score (nSPS) is 38.8. The lowest BCUT2D eigenvalue weighted by Gasteiger charge is -2.58. The van der Waals surface area contributed by atoms with E-state index in [1.807, 2.05) is 0 Å². The summed E-state index contributed by atoms with van der Waals surface area (Å²) in [6.45, 7) is 14.8. The van der Waals surface area contributed by atoms with Crippen LogP contribution in [-0.2, 0) is 0 Å². The van der Waals surface area contributed by atoms with E-state index < -0.39 is 6.09 Å². The summed E-state index contributed by atoms with van der Waals surface area (Å²) in [5.74, 6) is 6.14. The highest BCUT2D eigenvalue weighted by Gasteiger charge is 2.59. The first-order valence-electron chi connectivity index (χ1n) is 16.3. The van der Waals surface area contributed by atoms with Crippen molar-refractivity contribution in [1.29, 1.82) is 0 Å². The summed E-state index contributed by atoms with van der Waals surface area (Å²) in [5.41, 5.74) is 2.77. The topological polar surface area (TPSA) is 49.3 Å². The fourth-order valence-corrected chi connectivity index (χ4v) is 10.3. The second-order valence-corrected chi connectivity index (χ2v) is 14.9. The van der Waals surface area contributed by atoms with Crippen molar-refractivity contribution >= 4 is 6.09 Å². The zero-order valence-corrected chi connectivity index (χ0v) is 25.2. The van der Waals surface area contributed by atoms with Crippen molar-refractivity contribution in [3.05, 3.63) is 11.6 Å². The van der Waals surface area contributed by atoms with Crippen LogP contribution >= 0.6 is 0 Å². The first kappa shape index (κ1) is 29.0. The Kier molecular flexibility index (Phi) is 9.43. The molecule has 0 aromatic carbocycles. The van der Waals surface area contributed by atoms with Crippen molar-refractivity contribution in [3.8, 4) is 0 Å². The molecule has 3 nitrogen and oxygen atoms in total. The molecule has 9 atom stereocenters. The van der Waals surface area contributed by atoms with Gasteiger partial charge in [-0.2, -0.15) is 0 Å². The Bertz CT molecular complexity index is 804. The molecule has 0 aromatic heterocycles. The van der Waals surface area contributed by atoms with Gasteiger partial charge in [-0.25, -0.2) is 4.79 Å². The number of allylic oxidation sites excluding steroid dienone is 2. The van der Waals surface area contributed by atoms with E-state index in [2.05, 4.69) is 52.9 Å². The maximum Gasteiger partial charge on any atom is 0.404 e. The van der Waals surface area contributed by atoms with Crippen LogP contribution in [0.5, 0.6) is 0 Å². The predicted molar refractivity (Wildman–Crippen MR) is 156 cm³/mol. The van der Waals surface area contributed by atoms with Gasteiger partial charge in [0.15, 0.2) is 0 Å². The Morgan fingerprint density at radius 3 is 2.51 bits per heavy atom. The van der Waals surface area contributed by atoms with E-state index in [1.165, 1.54) is 77.0 Å². The Balaban J connectivity index is 1.38. The van der Waals surface area contributed by atoms with Crippen LogP contribution in [0.2, 0.25) is 0 Å². The first-order chi connectivity index (χ1) is 17.6. The number of fused-ring (bicyclic) bond motifs is 5. The third kappa shape index (κ3) is 6.11. The molecular formula is C34H59NO2. The molecule has 0 heterocycles. The number of carboxylic acid groups (broad SMARTS) is 1. The molecule has 4 aliphatic rings. The second-order valence-electron chi connectivity index (χ2n) is 14.9. The second kappa shape index (κ2) is 12.0. The van der Waals surface area contributed by atoms with Crippen molar-refractivity contribution in [2.75, 3.05) is 0 Å². The fourth-order valence-electron chi connectivity index (χ4n) is 10.3. The molecule has 3 saturated carbocycles. The third-order valence-corrected chi connectivity index (χ3v) is 12.3. The molecule has 3 heteroatoms. The van der Waals surface area contributed by atoms with Gasteiger partial charge in [0.05, 0.1) is 0 Å². The van der Waals surface area contributed by atoms with Gasteiger partial charge in [0.2, 0.25) is 0 Å². The number of hydrogen-bond acceptors (Lipinski definition) is 1. The van der Waals surface area contributed by atoms with Crippen molar-refractivity contribution in [2.24, 2.45) is 52.3 Å². The zero-order chi connectivity index (χ0) is 26.8. The minimum Gasteiger partial charge on any atom is -0.465 e. The lowest BCUT2D eigenvalue weighted by molar-refractivity contribution is -0.0530. The van der Waals surface area contributed by atoms with Crippen LogP contribution in [-0.4, -0.2) is 17.2 Å². The zero-order valence-electron chi connectivity index (χ0n) is 25.2. The van der Waals surface area contributed by atoms with Crippen molar-refractivity contribution < 1.29 is 9.90 Å². The number of nitrogens with one attached hydrogen (secondary N) is 1. The largest absolute Gasteiger partial charge is 0.465 e. The number of carbonyl (C=O) groups is 1. The van der Waals surface area contributed by atoms with E-state index in [-0.39, 0.29) is 6.04 Å². The van der Waals surface area contributed by atoms with Crippen molar-refractivity contribution in [2.45, 2.75) is 144 Å². The van der Waals surface area contributed by atoms with Crippen LogP contribution < -0.4 is 5.32 Å². The smallest absolute Gasteiger partial charge is 0.404 e. The summed E-state index contributed by atoms with van der Waals surface area (Å²) < 4.78 is 0. The Labute approximate surface area is 229 Å². The quantitative estimate of drug-likeness (QED) is 0.270. The summed E-state index contributed by atoms with van der Waals surface area (Å²) in [6, 6.07) is 0.125. The molecule has 212 valence electrons. The van der Waals surface area contributed by atoms with Gasteiger partial charge in [-0.1, -0.05) is 78.9 Å². The van der Waals surface area contributed by atoms with Gasteiger partial charge in [-0.05, 0) is 123 Å². The lowest BCUT2D eigenvalue weighted by atomic mass is 9.46. The van der Waals surface area contributed by atoms with Gasteiger partial charge in [0, 0.05) is 6.04 Å². The van der Waals surface area contributed by atoms with Crippen LogP contribution in [0.4, 0.5) is 4.79 Å². The van der Waals surface area contributed by atoms with Crippen molar-refractivity contribution in [1.82, 2.24) is 5.32 Å². The highest BCUT2D eigenvalue weighted by molar-refractivity contribution is 5.64. The summed E-state index contributed by atoms with van der Waals surface area (Å²) in [6.07, 6.45) is 21.4. The van der Waals surface area contributed by atoms with E-state index in [1.54, 1.807) is 5.57 Å². The summed E-state index contributed by atoms with van der Waals surface area (Å²) >= 11 is 0. The van der Waals surface area contributed by atoms with E-state index >= 15 is 0 Å². The summed E-state index contributed by atoms with van der Waals surface area (Å²) in [5, 5.41) is 12.0. The fraction of sp³-hybridized carbons (Fsp3) is 0.912. The minimum absolute atomic E-state index is 0.125.